The number of carboxylic acids is 1. The number of amides is 2. The smallest absolute Gasteiger partial charge is 0.329 e. The Morgan fingerprint density at radius 1 is 1.41 bits per heavy atom. The van der Waals surface area contributed by atoms with Crippen LogP contribution >= 0.6 is 0 Å². The standard InChI is InChI=1S/C12H20N2O3/c1-8(2)9-3-6-14(7-9)11(17)13-12(4-5-12)10(15)16/h8-9H,3-7H2,1-2H3,(H,13,17)(H,15,16). The number of rotatable bonds is 3. The quantitative estimate of drug-likeness (QED) is 0.781. The van der Waals surface area contributed by atoms with E-state index in [-0.39, 0.29) is 6.03 Å². The minimum atomic E-state index is -0.965. The molecule has 1 heterocycles. The summed E-state index contributed by atoms with van der Waals surface area (Å²) in [5.41, 5.74) is -0.965. The molecular formula is C12H20N2O3. The average Bonchev–Trinajstić information content (AvgIpc) is 2.87. The summed E-state index contributed by atoms with van der Waals surface area (Å²) in [4.78, 5) is 24.6. The summed E-state index contributed by atoms with van der Waals surface area (Å²) < 4.78 is 0. The maximum atomic E-state index is 11.9. The molecule has 5 nitrogen and oxygen atoms in total. The highest BCUT2D eigenvalue weighted by Crippen LogP contribution is 2.36. The molecule has 0 aromatic heterocycles. The van der Waals surface area contributed by atoms with E-state index >= 15 is 0 Å². The Kier molecular flexibility index (Phi) is 3.02. The second kappa shape index (κ2) is 4.20. The molecule has 17 heavy (non-hydrogen) atoms. The van der Waals surface area contributed by atoms with Crippen LogP contribution < -0.4 is 5.32 Å². The fraction of sp³-hybridized carbons (Fsp3) is 0.833. The predicted octanol–water partition coefficient (Wildman–Crippen LogP) is 1.29. The van der Waals surface area contributed by atoms with Crippen molar-refractivity contribution >= 4 is 12.0 Å². The summed E-state index contributed by atoms with van der Waals surface area (Å²) in [6.07, 6.45) is 2.12. The lowest BCUT2D eigenvalue weighted by Gasteiger charge is -2.21. The number of hydrogen-bond donors (Lipinski definition) is 2. The van der Waals surface area contributed by atoms with Crippen LogP contribution in [0.5, 0.6) is 0 Å². The van der Waals surface area contributed by atoms with Crippen molar-refractivity contribution in [1.29, 1.82) is 0 Å². The molecule has 1 atom stereocenters. The molecule has 1 saturated heterocycles. The highest BCUT2D eigenvalue weighted by molar-refractivity contribution is 5.89. The van der Waals surface area contributed by atoms with Crippen LogP contribution in [0.3, 0.4) is 0 Å². The van der Waals surface area contributed by atoms with E-state index in [2.05, 4.69) is 19.2 Å². The Morgan fingerprint density at radius 3 is 2.47 bits per heavy atom. The SMILES string of the molecule is CC(C)C1CCN(C(=O)NC2(C(=O)O)CC2)C1. The summed E-state index contributed by atoms with van der Waals surface area (Å²) >= 11 is 0. The normalized spacial score (nSPS) is 26.1. The number of nitrogens with zero attached hydrogens (tertiary/aromatic N) is 1. The molecule has 2 N–H and O–H groups in total. The van der Waals surface area contributed by atoms with Crippen molar-refractivity contribution in [3.05, 3.63) is 0 Å². The third kappa shape index (κ3) is 2.37. The molecule has 96 valence electrons. The molecule has 1 unspecified atom stereocenters. The van der Waals surface area contributed by atoms with Crippen molar-refractivity contribution in [3.8, 4) is 0 Å². The van der Waals surface area contributed by atoms with Gasteiger partial charge in [0.1, 0.15) is 5.54 Å². The van der Waals surface area contributed by atoms with Crippen molar-refractivity contribution in [1.82, 2.24) is 10.2 Å². The van der Waals surface area contributed by atoms with Crippen molar-refractivity contribution < 1.29 is 14.7 Å². The number of likely N-dealkylation sites (tertiary alicyclic amines) is 1. The van der Waals surface area contributed by atoms with Gasteiger partial charge in [-0.3, -0.25) is 0 Å². The fourth-order valence-electron chi connectivity index (χ4n) is 2.32. The summed E-state index contributed by atoms with van der Waals surface area (Å²) in [6, 6.07) is -0.215. The van der Waals surface area contributed by atoms with Gasteiger partial charge < -0.3 is 15.3 Å². The number of carboxylic acid groups (broad SMARTS) is 1. The van der Waals surface area contributed by atoms with E-state index in [4.69, 9.17) is 5.11 Å². The largest absolute Gasteiger partial charge is 0.480 e. The Bertz CT molecular complexity index is 337. The van der Waals surface area contributed by atoms with E-state index in [1.54, 1.807) is 4.90 Å². The first-order valence-electron chi connectivity index (χ1n) is 6.25. The summed E-state index contributed by atoms with van der Waals surface area (Å²) in [6.45, 7) is 5.81. The van der Waals surface area contributed by atoms with Crippen molar-refractivity contribution in [3.63, 3.8) is 0 Å². The first-order valence-corrected chi connectivity index (χ1v) is 6.25. The first kappa shape index (κ1) is 12.2. The molecule has 0 radical (unpaired) electrons. The minimum absolute atomic E-state index is 0.215. The highest BCUT2D eigenvalue weighted by atomic mass is 16.4. The van der Waals surface area contributed by atoms with Gasteiger partial charge in [0.15, 0.2) is 0 Å². The molecule has 0 aromatic carbocycles. The maximum Gasteiger partial charge on any atom is 0.329 e. The molecule has 1 aliphatic carbocycles. The van der Waals surface area contributed by atoms with Gasteiger partial charge in [-0.2, -0.15) is 0 Å². The first-order chi connectivity index (χ1) is 7.94. The van der Waals surface area contributed by atoms with Gasteiger partial charge in [0.2, 0.25) is 0 Å². The molecule has 0 aromatic rings. The van der Waals surface area contributed by atoms with Gasteiger partial charge in [0.05, 0.1) is 0 Å². The zero-order valence-corrected chi connectivity index (χ0v) is 10.4. The molecule has 2 aliphatic rings. The van der Waals surface area contributed by atoms with Crippen molar-refractivity contribution in [2.75, 3.05) is 13.1 Å². The Balaban J connectivity index is 1.88. The van der Waals surface area contributed by atoms with Crippen LogP contribution in [-0.4, -0.2) is 40.6 Å². The second-order valence-corrected chi connectivity index (χ2v) is 5.56. The van der Waals surface area contributed by atoms with Gasteiger partial charge in [-0.05, 0) is 31.1 Å². The van der Waals surface area contributed by atoms with Crippen molar-refractivity contribution in [2.45, 2.75) is 38.6 Å². The van der Waals surface area contributed by atoms with Crippen LogP contribution in [0.4, 0.5) is 4.79 Å². The van der Waals surface area contributed by atoms with Gasteiger partial charge in [-0.15, -0.1) is 0 Å². The van der Waals surface area contributed by atoms with Crippen LogP contribution in [0.2, 0.25) is 0 Å². The third-order valence-corrected chi connectivity index (χ3v) is 3.96. The number of carbonyl (C=O) groups excluding carboxylic acids is 1. The van der Waals surface area contributed by atoms with Crippen LogP contribution in [0, 0.1) is 11.8 Å². The molecule has 1 saturated carbocycles. The highest BCUT2D eigenvalue weighted by Gasteiger charge is 2.52. The van der Waals surface area contributed by atoms with E-state index in [0.29, 0.717) is 24.7 Å². The van der Waals surface area contributed by atoms with E-state index in [1.165, 1.54) is 0 Å². The van der Waals surface area contributed by atoms with Crippen LogP contribution in [0.1, 0.15) is 33.1 Å². The Labute approximate surface area is 101 Å². The lowest BCUT2D eigenvalue weighted by Crippen LogP contribution is -2.49. The van der Waals surface area contributed by atoms with E-state index in [0.717, 1.165) is 19.5 Å². The lowest BCUT2D eigenvalue weighted by atomic mass is 9.95. The topological polar surface area (TPSA) is 69.6 Å². The monoisotopic (exact) mass is 240 g/mol. The van der Waals surface area contributed by atoms with E-state index in [9.17, 15) is 9.59 Å². The number of hydrogen-bond acceptors (Lipinski definition) is 2. The molecule has 0 bridgehead atoms. The van der Waals surface area contributed by atoms with E-state index < -0.39 is 11.5 Å². The molecule has 5 heteroatoms. The number of aliphatic carboxylic acids is 1. The summed E-state index contributed by atoms with van der Waals surface area (Å²) in [5.74, 6) is 0.202. The van der Waals surface area contributed by atoms with Crippen LogP contribution in [-0.2, 0) is 4.79 Å². The van der Waals surface area contributed by atoms with Gasteiger partial charge in [-0.1, -0.05) is 13.8 Å². The molecule has 2 fully saturated rings. The van der Waals surface area contributed by atoms with Gasteiger partial charge in [0, 0.05) is 13.1 Å². The average molecular weight is 240 g/mol. The summed E-state index contributed by atoms with van der Waals surface area (Å²) in [5, 5.41) is 11.7. The molecule has 2 rings (SSSR count). The Hall–Kier alpha value is -1.26. The fourth-order valence-corrected chi connectivity index (χ4v) is 2.32. The van der Waals surface area contributed by atoms with Gasteiger partial charge in [0.25, 0.3) is 0 Å². The van der Waals surface area contributed by atoms with E-state index in [1.807, 2.05) is 0 Å². The summed E-state index contributed by atoms with van der Waals surface area (Å²) in [7, 11) is 0. The number of carbonyl (C=O) groups is 2. The van der Waals surface area contributed by atoms with Crippen molar-refractivity contribution in [2.24, 2.45) is 11.8 Å². The van der Waals surface area contributed by atoms with Gasteiger partial charge >= 0.3 is 12.0 Å². The van der Waals surface area contributed by atoms with Crippen LogP contribution in [0.15, 0.2) is 0 Å². The predicted molar refractivity (Wildman–Crippen MR) is 62.7 cm³/mol. The van der Waals surface area contributed by atoms with Gasteiger partial charge in [-0.25, -0.2) is 9.59 Å². The number of nitrogens with one attached hydrogen (secondary N) is 1. The maximum absolute atomic E-state index is 11.9. The zero-order chi connectivity index (χ0) is 12.6. The Morgan fingerprint density at radius 2 is 2.06 bits per heavy atom. The molecule has 1 aliphatic heterocycles. The molecule has 0 spiro atoms. The van der Waals surface area contributed by atoms with Crippen LogP contribution in [0.25, 0.3) is 0 Å². The zero-order valence-electron chi connectivity index (χ0n) is 10.4. The lowest BCUT2D eigenvalue weighted by molar-refractivity contribution is -0.140. The second-order valence-electron chi connectivity index (χ2n) is 5.56. The molecular weight excluding hydrogens is 220 g/mol. The molecule has 2 amide bonds. The minimum Gasteiger partial charge on any atom is -0.480 e. The number of urea groups is 1. The third-order valence-electron chi connectivity index (χ3n) is 3.96.